The zero-order valence-electron chi connectivity index (χ0n) is 15.0. The fraction of sp³-hybridized carbons (Fsp3) is 0.526. The predicted octanol–water partition coefficient (Wildman–Crippen LogP) is 2.24. The van der Waals surface area contributed by atoms with E-state index in [1.807, 2.05) is 17.8 Å². The first kappa shape index (κ1) is 17.1. The zero-order valence-corrected chi connectivity index (χ0v) is 15.0. The van der Waals surface area contributed by atoms with Gasteiger partial charge in [-0.2, -0.15) is 5.10 Å². The van der Waals surface area contributed by atoms with Crippen LogP contribution in [0.15, 0.2) is 36.5 Å². The molecule has 0 aliphatic carbocycles. The summed E-state index contributed by atoms with van der Waals surface area (Å²) in [6.45, 7) is 4.80. The first-order valence-corrected chi connectivity index (χ1v) is 8.68. The Morgan fingerprint density at radius 3 is 2.79 bits per heavy atom. The van der Waals surface area contributed by atoms with Crippen molar-refractivity contribution in [2.24, 2.45) is 7.05 Å². The average molecular weight is 328 g/mol. The summed E-state index contributed by atoms with van der Waals surface area (Å²) >= 11 is 0. The summed E-state index contributed by atoms with van der Waals surface area (Å²) in [7, 11) is 6.22. The fourth-order valence-corrected chi connectivity index (χ4v) is 3.23. The lowest BCUT2D eigenvalue weighted by Gasteiger charge is -2.33. The molecule has 5 heteroatoms. The molecule has 1 aromatic carbocycles. The van der Waals surface area contributed by atoms with Crippen molar-refractivity contribution < 1.29 is 4.74 Å². The van der Waals surface area contributed by atoms with Crippen LogP contribution in [0.3, 0.4) is 0 Å². The highest BCUT2D eigenvalue weighted by Crippen LogP contribution is 2.23. The molecule has 1 fully saturated rings. The summed E-state index contributed by atoms with van der Waals surface area (Å²) in [6.07, 6.45) is 3.56. The van der Waals surface area contributed by atoms with Gasteiger partial charge < -0.3 is 9.64 Å². The summed E-state index contributed by atoms with van der Waals surface area (Å²) in [5.41, 5.74) is 3.57. The van der Waals surface area contributed by atoms with Gasteiger partial charge in [-0.25, -0.2) is 0 Å². The normalized spacial score (nSPS) is 19.1. The van der Waals surface area contributed by atoms with Crippen LogP contribution in [-0.2, 0) is 18.3 Å². The Balaban J connectivity index is 1.68. The van der Waals surface area contributed by atoms with E-state index >= 15 is 0 Å². The molecule has 1 aliphatic heterocycles. The van der Waals surface area contributed by atoms with E-state index in [1.165, 1.54) is 11.1 Å². The predicted molar refractivity (Wildman–Crippen MR) is 96.8 cm³/mol. The van der Waals surface area contributed by atoms with Gasteiger partial charge in [0.15, 0.2) is 0 Å². The monoisotopic (exact) mass is 328 g/mol. The van der Waals surface area contributed by atoms with Gasteiger partial charge in [0, 0.05) is 50.6 Å². The van der Waals surface area contributed by atoms with Gasteiger partial charge in [0.1, 0.15) is 0 Å². The van der Waals surface area contributed by atoms with Gasteiger partial charge in [-0.3, -0.25) is 9.58 Å². The Morgan fingerprint density at radius 2 is 2.04 bits per heavy atom. The summed E-state index contributed by atoms with van der Waals surface area (Å²) in [6, 6.07) is 10.4. The Hall–Kier alpha value is -1.69. The molecule has 2 heterocycles. The Labute approximate surface area is 144 Å². The number of ether oxygens (including phenoxy) is 1. The maximum absolute atomic E-state index is 5.93. The van der Waals surface area contributed by atoms with Crippen LogP contribution in [0, 0.1) is 0 Å². The number of nitrogens with zero attached hydrogens (tertiary/aromatic N) is 4. The number of rotatable bonds is 6. The third kappa shape index (κ3) is 4.44. The van der Waals surface area contributed by atoms with E-state index < -0.39 is 0 Å². The highest BCUT2D eigenvalue weighted by Gasteiger charge is 2.22. The SMILES string of the molecule is CN(C)CC[C@H]1CN(Cc2cn(C)nc2-c2ccccc2)CCO1. The molecule has 0 bridgehead atoms. The minimum atomic E-state index is 0.331. The molecule has 5 nitrogen and oxygen atoms in total. The molecule has 0 unspecified atom stereocenters. The first-order chi connectivity index (χ1) is 11.6. The number of morpholine rings is 1. The van der Waals surface area contributed by atoms with Crippen LogP contribution in [0.5, 0.6) is 0 Å². The van der Waals surface area contributed by atoms with Crippen LogP contribution in [0.4, 0.5) is 0 Å². The zero-order chi connectivity index (χ0) is 16.9. The summed E-state index contributed by atoms with van der Waals surface area (Å²) in [5, 5.41) is 4.68. The van der Waals surface area contributed by atoms with E-state index in [9.17, 15) is 0 Å². The van der Waals surface area contributed by atoms with Crippen LogP contribution >= 0.6 is 0 Å². The van der Waals surface area contributed by atoms with Crippen molar-refractivity contribution in [3.8, 4) is 11.3 Å². The number of hydrogen-bond acceptors (Lipinski definition) is 4. The largest absolute Gasteiger partial charge is 0.376 e. The molecule has 1 saturated heterocycles. The van der Waals surface area contributed by atoms with Crippen LogP contribution in [0.25, 0.3) is 11.3 Å². The van der Waals surface area contributed by atoms with Gasteiger partial charge in [0.05, 0.1) is 18.4 Å². The lowest BCUT2D eigenvalue weighted by molar-refractivity contribution is -0.0369. The van der Waals surface area contributed by atoms with E-state index in [0.29, 0.717) is 6.10 Å². The van der Waals surface area contributed by atoms with E-state index in [4.69, 9.17) is 4.74 Å². The van der Waals surface area contributed by atoms with Gasteiger partial charge in [0.25, 0.3) is 0 Å². The van der Waals surface area contributed by atoms with Crippen molar-refractivity contribution >= 4 is 0 Å². The molecule has 0 N–H and O–H groups in total. The minimum absolute atomic E-state index is 0.331. The third-order valence-electron chi connectivity index (χ3n) is 4.47. The van der Waals surface area contributed by atoms with Gasteiger partial charge in [0.2, 0.25) is 0 Å². The molecule has 2 aromatic rings. The second-order valence-corrected chi connectivity index (χ2v) is 6.86. The number of hydrogen-bond donors (Lipinski definition) is 0. The lowest BCUT2D eigenvalue weighted by Crippen LogP contribution is -2.42. The van der Waals surface area contributed by atoms with Gasteiger partial charge in [-0.1, -0.05) is 30.3 Å². The highest BCUT2D eigenvalue weighted by molar-refractivity contribution is 5.62. The van der Waals surface area contributed by atoms with Crippen molar-refractivity contribution in [1.29, 1.82) is 0 Å². The highest BCUT2D eigenvalue weighted by atomic mass is 16.5. The summed E-state index contributed by atoms with van der Waals surface area (Å²) in [5.74, 6) is 0. The van der Waals surface area contributed by atoms with E-state index in [-0.39, 0.29) is 0 Å². The Morgan fingerprint density at radius 1 is 1.25 bits per heavy atom. The summed E-state index contributed by atoms with van der Waals surface area (Å²) in [4.78, 5) is 4.71. The maximum atomic E-state index is 5.93. The number of benzene rings is 1. The van der Waals surface area contributed by atoms with E-state index in [2.05, 4.69) is 59.5 Å². The Kier molecular flexibility index (Phi) is 5.66. The molecular formula is C19H28N4O. The summed E-state index contributed by atoms with van der Waals surface area (Å²) < 4.78 is 7.85. The number of aryl methyl sites for hydroxylation is 1. The molecule has 1 aromatic heterocycles. The van der Waals surface area contributed by atoms with Gasteiger partial charge in [-0.15, -0.1) is 0 Å². The molecule has 0 amide bonds. The van der Waals surface area contributed by atoms with Crippen molar-refractivity contribution in [3.05, 3.63) is 42.1 Å². The molecular weight excluding hydrogens is 300 g/mol. The second kappa shape index (κ2) is 7.92. The third-order valence-corrected chi connectivity index (χ3v) is 4.47. The molecule has 130 valence electrons. The van der Waals surface area contributed by atoms with Gasteiger partial charge >= 0.3 is 0 Å². The number of aromatic nitrogens is 2. The van der Waals surface area contributed by atoms with Crippen molar-refractivity contribution in [1.82, 2.24) is 19.6 Å². The quantitative estimate of drug-likeness (QED) is 0.814. The van der Waals surface area contributed by atoms with Crippen LogP contribution in [0.1, 0.15) is 12.0 Å². The van der Waals surface area contributed by atoms with Crippen LogP contribution in [0.2, 0.25) is 0 Å². The Bertz CT molecular complexity index is 638. The molecule has 1 aliphatic rings. The topological polar surface area (TPSA) is 33.5 Å². The molecule has 0 radical (unpaired) electrons. The molecule has 3 rings (SSSR count). The standard InChI is InChI=1S/C19H28N4O/c1-21(2)10-9-18-15-23(11-12-24-18)14-17-13-22(3)20-19(17)16-7-5-4-6-8-16/h4-8,13,18H,9-12,14-15H2,1-3H3/t18-/m0/s1. The molecule has 0 saturated carbocycles. The molecule has 1 atom stereocenters. The van der Waals surface area contributed by atoms with E-state index in [1.54, 1.807) is 0 Å². The van der Waals surface area contributed by atoms with Gasteiger partial charge in [-0.05, 0) is 20.5 Å². The first-order valence-electron chi connectivity index (χ1n) is 8.68. The van der Waals surface area contributed by atoms with Crippen LogP contribution < -0.4 is 0 Å². The van der Waals surface area contributed by atoms with Crippen LogP contribution in [-0.4, -0.2) is 66.0 Å². The fourth-order valence-electron chi connectivity index (χ4n) is 3.23. The lowest BCUT2D eigenvalue weighted by atomic mass is 10.1. The smallest absolute Gasteiger partial charge is 0.0968 e. The van der Waals surface area contributed by atoms with Crippen molar-refractivity contribution in [2.75, 3.05) is 40.3 Å². The second-order valence-electron chi connectivity index (χ2n) is 6.86. The van der Waals surface area contributed by atoms with Crippen molar-refractivity contribution in [2.45, 2.75) is 19.1 Å². The van der Waals surface area contributed by atoms with E-state index in [0.717, 1.165) is 44.9 Å². The van der Waals surface area contributed by atoms with Crippen molar-refractivity contribution in [3.63, 3.8) is 0 Å². The molecule has 0 spiro atoms. The maximum Gasteiger partial charge on any atom is 0.0968 e. The molecule has 24 heavy (non-hydrogen) atoms. The average Bonchev–Trinajstić information content (AvgIpc) is 2.94. The minimum Gasteiger partial charge on any atom is -0.376 e.